The number of piperazine rings is 1. The molecule has 2 atom stereocenters. The van der Waals surface area contributed by atoms with Crippen LogP contribution in [0, 0.1) is 0 Å². The van der Waals surface area contributed by atoms with E-state index in [2.05, 4.69) is 5.32 Å². The quantitative estimate of drug-likeness (QED) is 0.610. The van der Waals surface area contributed by atoms with E-state index in [0.29, 0.717) is 19.5 Å². The molecule has 19 heavy (non-hydrogen) atoms. The summed E-state index contributed by atoms with van der Waals surface area (Å²) in [7, 11) is 1.63. The number of carbonyl (C=O) groups excluding carboxylic acids is 2. The zero-order valence-corrected chi connectivity index (χ0v) is 11.5. The maximum Gasteiger partial charge on any atom is 0.312 e. The number of carbonyl (C=O) groups is 2. The van der Waals surface area contributed by atoms with Crippen LogP contribution in [0.3, 0.4) is 0 Å². The summed E-state index contributed by atoms with van der Waals surface area (Å²) in [6.07, 6.45) is 2.98. The molecule has 1 saturated heterocycles. The Morgan fingerprint density at radius 2 is 1.84 bits per heavy atom. The van der Waals surface area contributed by atoms with Gasteiger partial charge in [-0.05, 0) is 12.8 Å². The Morgan fingerprint density at radius 1 is 1.21 bits per heavy atom. The molecule has 0 radical (unpaired) electrons. The lowest BCUT2D eigenvalue weighted by Gasteiger charge is -2.36. The van der Waals surface area contributed by atoms with Crippen LogP contribution in [-0.2, 0) is 9.59 Å². The van der Waals surface area contributed by atoms with Crippen molar-refractivity contribution < 1.29 is 14.7 Å². The third-order valence-electron chi connectivity index (χ3n) is 4.10. The molecule has 0 aromatic heterocycles. The SMILES string of the molecule is CN(C(=O)C(=O)N1CCNCC1)C1CCCCC1O. The molecular formula is C13H23N3O3. The summed E-state index contributed by atoms with van der Waals surface area (Å²) in [5, 5.41) is 13.1. The van der Waals surface area contributed by atoms with Crippen molar-refractivity contribution in [3.63, 3.8) is 0 Å². The normalized spacial score (nSPS) is 28.0. The largest absolute Gasteiger partial charge is 0.391 e. The Labute approximate surface area is 113 Å². The monoisotopic (exact) mass is 269 g/mol. The number of aliphatic hydroxyl groups excluding tert-OH is 1. The molecule has 2 N–H and O–H groups in total. The highest BCUT2D eigenvalue weighted by Gasteiger charge is 2.34. The van der Waals surface area contributed by atoms with Crippen LogP contribution in [0.2, 0.25) is 0 Å². The van der Waals surface area contributed by atoms with E-state index < -0.39 is 17.9 Å². The average Bonchev–Trinajstić information content (AvgIpc) is 2.46. The fraction of sp³-hybridized carbons (Fsp3) is 0.846. The van der Waals surface area contributed by atoms with Crippen LogP contribution in [0.25, 0.3) is 0 Å². The van der Waals surface area contributed by atoms with Gasteiger partial charge in [0.05, 0.1) is 12.1 Å². The van der Waals surface area contributed by atoms with Gasteiger partial charge < -0.3 is 20.2 Å². The topological polar surface area (TPSA) is 72.9 Å². The fourth-order valence-corrected chi connectivity index (χ4v) is 2.85. The smallest absolute Gasteiger partial charge is 0.312 e. The van der Waals surface area contributed by atoms with E-state index >= 15 is 0 Å². The van der Waals surface area contributed by atoms with Crippen molar-refractivity contribution in [2.75, 3.05) is 33.2 Å². The summed E-state index contributed by atoms with van der Waals surface area (Å²) in [5.41, 5.74) is 0. The van der Waals surface area contributed by atoms with E-state index in [1.165, 1.54) is 4.90 Å². The molecule has 2 fully saturated rings. The molecule has 2 rings (SSSR count). The minimum absolute atomic E-state index is 0.215. The van der Waals surface area contributed by atoms with Gasteiger partial charge in [0, 0.05) is 33.2 Å². The second-order valence-corrected chi connectivity index (χ2v) is 5.38. The van der Waals surface area contributed by atoms with Gasteiger partial charge in [-0.2, -0.15) is 0 Å². The first-order valence-electron chi connectivity index (χ1n) is 7.06. The molecule has 1 saturated carbocycles. The number of hydrogen-bond acceptors (Lipinski definition) is 4. The summed E-state index contributed by atoms with van der Waals surface area (Å²) >= 11 is 0. The molecule has 1 aliphatic heterocycles. The van der Waals surface area contributed by atoms with E-state index in [1.807, 2.05) is 0 Å². The van der Waals surface area contributed by atoms with Gasteiger partial charge in [0.1, 0.15) is 0 Å². The number of amides is 2. The van der Waals surface area contributed by atoms with Crippen LogP contribution in [0.5, 0.6) is 0 Å². The standard InChI is InChI=1S/C13H23N3O3/c1-15(10-4-2-3-5-11(10)17)12(18)13(19)16-8-6-14-7-9-16/h10-11,14,17H,2-9H2,1H3. The van der Waals surface area contributed by atoms with E-state index in [4.69, 9.17) is 0 Å². The molecule has 6 nitrogen and oxygen atoms in total. The Kier molecular flexibility index (Phi) is 4.76. The minimum Gasteiger partial charge on any atom is -0.391 e. The molecule has 2 unspecified atom stereocenters. The summed E-state index contributed by atoms with van der Waals surface area (Å²) in [6.45, 7) is 2.61. The fourth-order valence-electron chi connectivity index (χ4n) is 2.85. The predicted molar refractivity (Wildman–Crippen MR) is 70.5 cm³/mol. The number of nitrogens with one attached hydrogen (secondary N) is 1. The zero-order chi connectivity index (χ0) is 13.8. The van der Waals surface area contributed by atoms with Gasteiger partial charge in [0.2, 0.25) is 0 Å². The van der Waals surface area contributed by atoms with Crippen LogP contribution in [0.4, 0.5) is 0 Å². The Bertz CT molecular complexity index is 342. The summed E-state index contributed by atoms with van der Waals surface area (Å²) < 4.78 is 0. The first kappa shape index (κ1) is 14.3. The van der Waals surface area contributed by atoms with Crippen molar-refractivity contribution in [3.8, 4) is 0 Å². The van der Waals surface area contributed by atoms with Crippen LogP contribution < -0.4 is 5.32 Å². The summed E-state index contributed by atoms with van der Waals surface area (Å²) in [4.78, 5) is 27.3. The second kappa shape index (κ2) is 6.34. The minimum atomic E-state index is -0.501. The third kappa shape index (κ3) is 3.25. The highest BCUT2D eigenvalue weighted by molar-refractivity contribution is 6.34. The van der Waals surface area contributed by atoms with Crippen molar-refractivity contribution >= 4 is 11.8 Å². The molecule has 1 heterocycles. The van der Waals surface area contributed by atoms with Crippen LogP contribution in [0.1, 0.15) is 25.7 Å². The van der Waals surface area contributed by atoms with Gasteiger partial charge in [0.15, 0.2) is 0 Å². The Balaban J connectivity index is 1.95. The number of rotatable bonds is 1. The maximum absolute atomic E-state index is 12.2. The van der Waals surface area contributed by atoms with Crippen molar-refractivity contribution in [2.24, 2.45) is 0 Å². The van der Waals surface area contributed by atoms with Crippen molar-refractivity contribution in [2.45, 2.75) is 37.8 Å². The molecule has 108 valence electrons. The predicted octanol–water partition coefficient (Wildman–Crippen LogP) is -0.820. The number of hydrogen-bond donors (Lipinski definition) is 2. The van der Waals surface area contributed by atoms with Crippen molar-refractivity contribution in [1.82, 2.24) is 15.1 Å². The van der Waals surface area contributed by atoms with Gasteiger partial charge in [-0.3, -0.25) is 9.59 Å². The van der Waals surface area contributed by atoms with E-state index in [1.54, 1.807) is 11.9 Å². The molecular weight excluding hydrogens is 246 g/mol. The maximum atomic E-state index is 12.2. The van der Waals surface area contributed by atoms with E-state index in [-0.39, 0.29) is 6.04 Å². The van der Waals surface area contributed by atoms with Gasteiger partial charge in [-0.15, -0.1) is 0 Å². The molecule has 1 aliphatic carbocycles. The molecule has 0 spiro atoms. The molecule has 0 aromatic rings. The van der Waals surface area contributed by atoms with Gasteiger partial charge in [-0.25, -0.2) is 0 Å². The number of likely N-dealkylation sites (N-methyl/N-ethyl adjacent to an activating group) is 1. The summed E-state index contributed by atoms with van der Waals surface area (Å²) in [6, 6.07) is -0.215. The zero-order valence-electron chi connectivity index (χ0n) is 11.5. The van der Waals surface area contributed by atoms with Gasteiger partial charge in [0.25, 0.3) is 0 Å². The molecule has 0 bridgehead atoms. The lowest BCUT2D eigenvalue weighted by molar-refractivity contribution is -0.154. The van der Waals surface area contributed by atoms with Crippen LogP contribution in [0.15, 0.2) is 0 Å². The third-order valence-corrected chi connectivity index (χ3v) is 4.10. The Hall–Kier alpha value is -1.14. The van der Waals surface area contributed by atoms with Gasteiger partial charge in [-0.1, -0.05) is 12.8 Å². The molecule has 6 heteroatoms. The highest BCUT2D eigenvalue weighted by Crippen LogP contribution is 2.22. The van der Waals surface area contributed by atoms with Crippen LogP contribution >= 0.6 is 0 Å². The van der Waals surface area contributed by atoms with E-state index in [0.717, 1.165) is 32.4 Å². The summed E-state index contributed by atoms with van der Waals surface area (Å²) in [5.74, 6) is -0.936. The van der Waals surface area contributed by atoms with Crippen molar-refractivity contribution in [3.05, 3.63) is 0 Å². The van der Waals surface area contributed by atoms with Crippen molar-refractivity contribution in [1.29, 1.82) is 0 Å². The van der Waals surface area contributed by atoms with Gasteiger partial charge >= 0.3 is 11.8 Å². The van der Waals surface area contributed by atoms with Crippen LogP contribution in [-0.4, -0.2) is 72.1 Å². The molecule has 0 aromatic carbocycles. The number of nitrogens with zero attached hydrogens (tertiary/aromatic N) is 2. The lowest BCUT2D eigenvalue weighted by Crippen LogP contribution is -2.55. The lowest BCUT2D eigenvalue weighted by atomic mass is 9.91. The Morgan fingerprint density at radius 3 is 2.47 bits per heavy atom. The first-order valence-corrected chi connectivity index (χ1v) is 7.06. The highest BCUT2D eigenvalue weighted by atomic mass is 16.3. The number of aliphatic hydroxyl groups is 1. The molecule has 2 aliphatic rings. The molecule has 2 amide bonds. The second-order valence-electron chi connectivity index (χ2n) is 5.38. The first-order chi connectivity index (χ1) is 9.11. The van der Waals surface area contributed by atoms with E-state index in [9.17, 15) is 14.7 Å². The average molecular weight is 269 g/mol.